The molecule has 0 spiro atoms. The predicted molar refractivity (Wildman–Crippen MR) is 92.2 cm³/mol. The molecule has 0 aromatic heterocycles. The number of carboxylic acids is 2. The largest absolute Gasteiger partial charge is 0.475 e. The summed E-state index contributed by atoms with van der Waals surface area (Å²) in [4.78, 5) is 23.3. The number of hydrogen-bond donors (Lipinski definition) is 2. The summed E-state index contributed by atoms with van der Waals surface area (Å²) in [6.07, 6.45) is 0. The van der Waals surface area contributed by atoms with E-state index in [9.17, 15) is 19.8 Å². The van der Waals surface area contributed by atoms with Crippen LogP contribution in [0.25, 0.3) is 0 Å². The molecule has 0 saturated heterocycles. The molecule has 2 N–H and O–H groups in total. The first-order valence-corrected chi connectivity index (χ1v) is 7.90. The first-order chi connectivity index (χ1) is 11.6. The molecule has 132 valence electrons. The Bertz CT molecular complexity index is 729. The van der Waals surface area contributed by atoms with E-state index >= 15 is 0 Å². The minimum absolute atomic E-state index is 0.109. The standard InChI is InChI=1S/C15H8Cl4O6/c16-7-1-8(17)4-11(3-7)24-15(13(20)21,14(22)23)25-12-5-9(18)2-10(19)6-12/h1-6H,(H,20,21)(H,22,23). The Morgan fingerprint density at radius 3 is 1.20 bits per heavy atom. The SMILES string of the molecule is O=C(O)C(Oc1cc(Cl)cc(Cl)c1)(Oc1cc(Cl)cc(Cl)c1)C(=O)O. The summed E-state index contributed by atoms with van der Waals surface area (Å²) in [6, 6.07) is 7.45. The summed E-state index contributed by atoms with van der Waals surface area (Å²) in [5, 5.41) is 19.3. The molecule has 0 aliphatic carbocycles. The number of aliphatic carboxylic acids is 2. The van der Waals surface area contributed by atoms with Gasteiger partial charge in [0.2, 0.25) is 0 Å². The van der Waals surface area contributed by atoms with Gasteiger partial charge in [-0.1, -0.05) is 46.4 Å². The van der Waals surface area contributed by atoms with Crippen molar-refractivity contribution in [1.82, 2.24) is 0 Å². The van der Waals surface area contributed by atoms with E-state index in [1.807, 2.05) is 0 Å². The van der Waals surface area contributed by atoms with Crippen molar-refractivity contribution < 1.29 is 29.3 Å². The molecule has 2 rings (SSSR count). The molecule has 6 nitrogen and oxygen atoms in total. The lowest BCUT2D eigenvalue weighted by molar-refractivity contribution is -0.201. The molecule has 0 radical (unpaired) electrons. The highest BCUT2D eigenvalue weighted by Crippen LogP contribution is 2.31. The van der Waals surface area contributed by atoms with Crippen LogP contribution in [0, 0.1) is 0 Å². The molecular formula is C15H8Cl4O6. The van der Waals surface area contributed by atoms with Crippen LogP contribution < -0.4 is 9.47 Å². The minimum atomic E-state index is -3.12. The minimum Gasteiger partial charge on any atom is -0.475 e. The Labute approximate surface area is 161 Å². The fourth-order valence-corrected chi connectivity index (χ4v) is 2.81. The summed E-state index contributed by atoms with van der Waals surface area (Å²) >= 11 is 23.2. The van der Waals surface area contributed by atoms with E-state index in [0.29, 0.717) is 0 Å². The van der Waals surface area contributed by atoms with E-state index in [1.165, 1.54) is 36.4 Å². The van der Waals surface area contributed by atoms with E-state index in [1.54, 1.807) is 0 Å². The molecule has 0 atom stereocenters. The molecule has 0 unspecified atom stereocenters. The van der Waals surface area contributed by atoms with Gasteiger partial charge in [-0.3, -0.25) is 0 Å². The summed E-state index contributed by atoms with van der Waals surface area (Å²) in [5.74, 6) is -7.42. The zero-order chi connectivity index (χ0) is 18.8. The van der Waals surface area contributed by atoms with Crippen LogP contribution in [0.2, 0.25) is 20.1 Å². The summed E-state index contributed by atoms with van der Waals surface area (Å²) < 4.78 is 10.2. The van der Waals surface area contributed by atoms with Crippen LogP contribution >= 0.6 is 46.4 Å². The fourth-order valence-electron chi connectivity index (χ4n) is 1.79. The van der Waals surface area contributed by atoms with Crippen LogP contribution in [0.5, 0.6) is 11.5 Å². The van der Waals surface area contributed by atoms with Gasteiger partial charge in [0.15, 0.2) is 0 Å². The van der Waals surface area contributed by atoms with Gasteiger partial charge in [0.05, 0.1) is 0 Å². The molecular weight excluding hydrogens is 418 g/mol. The van der Waals surface area contributed by atoms with Gasteiger partial charge in [-0.25, -0.2) is 9.59 Å². The monoisotopic (exact) mass is 424 g/mol. The van der Waals surface area contributed by atoms with Crippen molar-refractivity contribution >= 4 is 58.3 Å². The van der Waals surface area contributed by atoms with Gasteiger partial charge < -0.3 is 19.7 Å². The number of carboxylic acid groups (broad SMARTS) is 2. The number of carbonyl (C=O) groups is 2. The number of halogens is 4. The lowest BCUT2D eigenvalue weighted by atomic mass is 10.2. The van der Waals surface area contributed by atoms with Crippen molar-refractivity contribution in [2.45, 2.75) is 5.79 Å². The number of ether oxygens (including phenoxy) is 2. The van der Waals surface area contributed by atoms with Crippen molar-refractivity contribution in [2.75, 3.05) is 0 Å². The average Bonchev–Trinajstić information content (AvgIpc) is 2.43. The molecule has 0 aliphatic rings. The molecule has 0 saturated carbocycles. The van der Waals surface area contributed by atoms with Crippen LogP contribution in [0.4, 0.5) is 0 Å². The first-order valence-electron chi connectivity index (χ1n) is 6.39. The number of benzene rings is 2. The van der Waals surface area contributed by atoms with Crippen molar-refractivity contribution in [3.63, 3.8) is 0 Å². The molecule has 2 aromatic carbocycles. The maximum absolute atomic E-state index is 11.6. The van der Waals surface area contributed by atoms with Gasteiger partial charge in [-0.2, -0.15) is 0 Å². The van der Waals surface area contributed by atoms with E-state index < -0.39 is 17.7 Å². The maximum Gasteiger partial charge on any atom is 0.452 e. The van der Waals surface area contributed by atoms with Gasteiger partial charge in [0.1, 0.15) is 11.5 Å². The summed E-state index contributed by atoms with van der Waals surface area (Å²) in [6.45, 7) is 0. The van der Waals surface area contributed by atoms with Gasteiger partial charge in [-0.05, 0) is 36.4 Å². The second-order valence-corrected chi connectivity index (χ2v) is 6.39. The highest BCUT2D eigenvalue weighted by atomic mass is 35.5. The molecule has 0 amide bonds. The topological polar surface area (TPSA) is 93.1 Å². The second-order valence-electron chi connectivity index (χ2n) is 4.64. The fraction of sp³-hybridized carbons (Fsp3) is 0.0667. The molecule has 0 fully saturated rings. The highest BCUT2D eigenvalue weighted by Gasteiger charge is 2.54. The molecule has 10 heteroatoms. The number of hydrogen-bond acceptors (Lipinski definition) is 4. The predicted octanol–water partition coefficient (Wildman–Crippen LogP) is 4.62. The van der Waals surface area contributed by atoms with Crippen molar-refractivity contribution in [3.8, 4) is 11.5 Å². The van der Waals surface area contributed by atoms with E-state index in [-0.39, 0.29) is 31.6 Å². The Balaban J connectivity index is 2.50. The third-order valence-electron chi connectivity index (χ3n) is 2.76. The Kier molecular flexibility index (Phi) is 5.90. The van der Waals surface area contributed by atoms with E-state index in [4.69, 9.17) is 55.9 Å². The van der Waals surface area contributed by atoms with Crippen LogP contribution in [-0.2, 0) is 9.59 Å². The molecule has 0 aliphatic heterocycles. The van der Waals surface area contributed by atoms with Gasteiger partial charge in [0.25, 0.3) is 0 Å². The lowest BCUT2D eigenvalue weighted by Crippen LogP contribution is -2.56. The van der Waals surface area contributed by atoms with E-state index in [0.717, 1.165) is 0 Å². The van der Waals surface area contributed by atoms with Crippen molar-refractivity contribution in [3.05, 3.63) is 56.5 Å². The molecule has 2 aromatic rings. The van der Waals surface area contributed by atoms with Gasteiger partial charge in [0, 0.05) is 20.1 Å². The molecule has 0 heterocycles. The second kappa shape index (κ2) is 7.58. The Morgan fingerprint density at radius 2 is 0.960 bits per heavy atom. The molecule has 25 heavy (non-hydrogen) atoms. The first kappa shape index (κ1) is 19.5. The Hall–Kier alpha value is -1.86. The zero-order valence-electron chi connectivity index (χ0n) is 12.0. The van der Waals surface area contributed by atoms with Crippen molar-refractivity contribution in [1.29, 1.82) is 0 Å². The maximum atomic E-state index is 11.6. The number of rotatable bonds is 6. The van der Waals surface area contributed by atoms with Crippen LogP contribution in [0.15, 0.2) is 36.4 Å². The molecule has 0 bridgehead atoms. The third kappa shape index (κ3) is 4.61. The van der Waals surface area contributed by atoms with Gasteiger partial charge in [-0.15, -0.1) is 0 Å². The van der Waals surface area contributed by atoms with Crippen LogP contribution in [0.3, 0.4) is 0 Å². The zero-order valence-corrected chi connectivity index (χ0v) is 15.0. The van der Waals surface area contributed by atoms with Crippen molar-refractivity contribution in [2.24, 2.45) is 0 Å². The quantitative estimate of drug-likeness (QED) is 0.517. The Morgan fingerprint density at radius 1 is 0.680 bits per heavy atom. The normalized spacial score (nSPS) is 11.0. The van der Waals surface area contributed by atoms with Crippen LogP contribution in [0.1, 0.15) is 0 Å². The van der Waals surface area contributed by atoms with E-state index in [2.05, 4.69) is 0 Å². The van der Waals surface area contributed by atoms with Gasteiger partial charge >= 0.3 is 17.7 Å². The van der Waals surface area contributed by atoms with Crippen LogP contribution in [-0.4, -0.2) is 27.9 Å². The smallest absolute Gasteiger partial charge is 0.452 e. The summed E-state index contributed by atoms with van der Waals surface area (Å²) in [7, 11) is 0. The third-order valence-corrected chi connectivity index (χ3v) is 3.63. The lowest BCUT2D eigenvalue weighted by Gasteiger charge is -2.26. The highest BCUT2D eigenvalue weighted by molar-refractivity contribution is 6.35. The average molecular weight is 426 g/mol. The summed E-state index contributed by atoms with van der Waals surface area (Å²) in [5.41, 5.74) is 0.